The number of aryl methyl sites for hydroxylation is 4. The van der Waals surface area contributed by atoms with E-state index in [9.17, 15) is 0 Å². The summed E-state index contributed by atoms with van der Waals surface area (Å²) in [5, 5.41) is 2.46. The molecule has 0 radical (unpaired) electrons. The second kappa shape index (κ2) is 25.6. The van der Waals surface area contributed by atoms with Crippen LogP contribution in [0.1, 0.15) is 204 Å². The first kappa shape index (κ1) is 41.1. The molecule has 0 unspecified atom stereocenters. The quantitative estimate of drug-likeness (QED) is 0.0706. The molecule has 0 atom stereocenters. The van der Waals surface area contributed by atoms with Gasteiger partial charge in [-0.2, -0.15) is 0 Å². The van der Waals surface area contributed by atoms with Gasteiger partial charge in [0.2, 0.25) is 0 Å². The van der Waals surface area contributed by atoms with Crippen molar-refractivity contribution in [3.8, 4) is 0 Å². The average molecular weight is 699 g/mol. The molecule has 272 valence electrons. The lowest BCUT2D eigenvalue weighted by Crippen LogP contribution is -1.95. The average Bonchev–Trinajstić information content (AvgIpc) is 3.23. The predicted molar refractivity (Wildman–Crippen MR) is 216 cm³/mol. The van der Waals surface area contributed by atoms with Gasteiger partial charge < -0.3 is 8.39 Å². The number of fused-ring (bicyclic) bond motifs is 3. The number of hydrogen-bond acceptors (Lipinski definition) is 2. The van der Waals surface area contributed by atoms with Gasteiger partial charge in [-0.3, -0.25) is 0 Å². The molecule has 2 aromatic carbocycles. The van der Waals surface area contributed by atoms with Crippen molar-refractivity contribution in [1.29, 1.82) is 0 Å². The topological polar surface area (TPSA) is 26.3 Å². The van der Waals surface area contributed by atoms with E-state index < -0.39 is 7.37 Å². The van der Waals surface area contributed by atoms with Crippen molar-refractivity contribution in [2.45, 2.75) is 207 Å². The van der Waals surface area contributed by atoms with Gasteiger partial charge in [0.05, 0.1) is 0 Å². The van der Waals surface area contributed by atoms with Crippen LogP contribution in [0.5, 0.6) is 0 Å². The molecule has 0 bridgehead atoms. The largest absolute Gasteiger partial charge is 0.408 e. The minimum atomic E-state index is -1.56. The van der Waals surface area contributed by atoms with E-state index in [2.05, 4.69) is 52.0 Å². The summed E-state index contributed by atoms with van der Waals surface area (Å²) in [4.78, 5) is 0. The monoisotopic (exact) mass is 698 g/mol. The summed E-state index contributed by atoms with van der Waals surface area (Å²) in [6, 6.07) is 9.81. The van der Waals surface area contributed by atoms with Gasteiger partial charge in [-0.05, 0) is 85.8 Å². The summed E-state index contributed by atoms with van der Waals surface area (Å²) in [7, 11) is -1.56. The Hall–Kier alpha value is -1.37. The Morgan fingerprint density at radius 3 is 1.02 bits per heavy atom. The summed E-state index contributed by atoms with van der Waals surface area (Å²) in [5.41, 5.74) is 7.59. The van der Waals surface area contributed by atoms with Crippen LogP contribution >= 0.6 is 18.6 Å². The normalized spacial score (nSPS) is 11.7. The van der Waals surface area contributed by atoms with Crippen LogP contribution < -0.4 is 0 Å². The maximum atomic E-state index is 6.95. The summed E-state index contributed by atoms with van der Waals surface area (Å²) in [5.74, 6) is 0. The Bertz CT molecular complexity index is 1210. The zero-order valence-electron chi connectivity index (χ0n) is 31.8. The first-order valence-corrected chi connectivity index (χ1v) is 22.8. The standard InChI is InChI=1S/C44H72ClO2P/c1-5-9-13-17-21-25-29-37-33-39(31-27-23-19-15-11-7-3)43-41(35-37)42-36-38(30-26-22-18-14-10-6-2)34-40(44(42)47-48(45)46-43)32-28-24-20-16-12-8-4/h33-36H,5-32H2,1-4H3. The van der Waals surface area contributed by atoms with Crippen LogP contribution in [0, 0.1) is 0 Å². The number of hydrogen-bond donors (Lipinski definition) is 0. The molecule has 0 fully saturated rings. The van der Waals surface area contributed by atoms with Crippen molar-refractivity contribution in [1.82, 2.24) is 0 Å². The van der Waals surface area contributed by atoms with Crippen molar-refractivity contribution in [2.75, 3.05) is 0 Å². The van der Waals surface area contributed by atoms with Crippen molar-refractivity contribution >= 4 is 40.5 Å². The van der Waals surface area contributed by atoms with Crippen LogP contribution in [0.3, 0.4) is 0 Å². The van der Waals surface area contributed by atoms with E-state index in [0.29, 0.717) is 0 Å². The molecule has 48 heavy (non-hydrogen) atoms. The van der Waals surface area contributed by atoms with Gasteiger partial charge >= 0.3 is 7.37 Å². The first-order chi connectivity index (χ1) is 23.6. The lowest BCUT2D eigenvalue weighted by atomic mass is 9.93. The molecule has 0 aliphatic heterocycles. The fraction of sp³-hybridized carbons (Fsp3) is 0.727. The molecule has 3 aromatic rings. The summed E-state index contributed by atoms with van der Waals surface area (Å²) in [6.07, 6.45) is 35.9. The highest BCUT2D eigenvalue weighted by Gasteiger charge is 2.16. The molecule has 0 saturated carbocycles. The highest BCUT2D eigenvalue weighted by Crippen LogP contribution is 2.42. The van der Waals surface area contributed by atoms with E-state index in [0.717, 1.165) is 36.8 Å². The molecule has 4 heteroatoms. The van der Waals surface area contributed by atoms with Gasteiger partial charge in [0.25, 0.3) is 0 Å². The Kier molecular flexibility index (Phi) is 21.9. The van der Waals surface area contributed by atoms with Gasteiger partial charge in [0.15, 0.2) is 0 Å². The molecule has 0 aliphatic carbocycles. The minimum absolute atomic E-state index is 0.998. The molecular weight excluding hydrogens is 627 g/mol. The second-order valence-electron chi connectivity index (χ2n) is 14.7. The van der Waals surface area contributed by atoms with E-state index >= 15 is 0 Å². The van der Waals surface area contributed by atoms with E-state index in [1.165, 1.54) is 187 Å². The first-order valence-electron chi connectivity index (χ1n) is 20.7. The second-order valence-corrected chi connectivity index (χ2v) is 16.3. The van der Waals surface area contributed by atoms with E-state index in [4.69, 9.17) is 19.6 Å². The third kappa shape index (κ3) is 15.3. The minimum Gasteiger partial charge on any atom is -0.408 e. The predicted octanol–water partition coefficient (Wildman–Crippen LogP) is 16.9. The van der Waals surface area contributed by atoms with Crippen LogP contribution in [0.25, 0.3) is 21.9 Å². The van der Waals surface area contributed by atoms with Gasteiger partial charge in [0, 0.05) is 22.0 Å². The fourth-order valence-electron chi connectivity index (χ4n) is 7.36. The summed E-state index contributed by atoms with van der Waals surface area (Å²) >= 11 is 6.95. The maximum Gasteiger partial charge on any atom is 0.327 e. The third-order valence-corrected chi connectivity index (χ3v) is 11.4. The van der Waals surface area contributed by atoms with Crippen LogP contribution in [0.15, 0.2) is 32.7 Å². The van der Waals surface area contributed by atoms with Gasteiger partial charge in [-0.25, -0.2) is 0 Å². The van der Waals surface area contributed by atoms with Crippen molar-refractivity contribution in [3.05, 3.63) is 46.5 Å². The third-order valence-electron chi connectivity index (χ3n) is 10.3. The number of rotatable bonds is 28. The van der Waals surface area contributed by atoms with Gasteiger partial charge in [0.1, 0.15) is 11.2 Å². The molecule has 0 N–H and O–H groups in total. The van der Waals surface area contributed by atoms with Crippen LogP contribution in [0.4, 0.5) is 0 Å². The Morgan fingerprint density at radius 2 is 0.688 bits per heavy atom. The maximum absolute atomic E-state index is 6.95. The smallest absolute Gasteiger partial charge is 0.327 e. The lowest BCUT2D eigenvalue weighted by molar-refractivity contribution is 0.600. The zero-order valence-corrected chi connectivity index (χ0v) is 33.4. The molecular formula is C44H72ClO2P. The van der Waals surface area contributed by atoms with Gasteiger partial charge in [-0.15, -0.1) is 0 Å². The molecule has 1 heterocycles. The molecule has 0 aliphatic rings. The summed E-state index contributed by atoms with van der Waals surface area (Å²) < 4.78 is 13.2. The molecule has 1 aromatic heterocycles. The van der Waals surface area contributed by atoms with E-state index in [-0.39, 0.29) is 0 Å². The van der Waals surface area contributed by atoms with Crippen LogP contribution in [-0.2, 0) is 25.7 Å². The Morgan fingerprint density at radius 1 is 0.396 bits per heavy atom. The lowest BCUT2D eigenvalue weighted by Gasteiger charge is -2.12. The van der Waals surface area contributed by atoms with Crippen molar-refractivity contribution < 1.29 is 8.39 Å². The SMILES string of the molecule is CCCCCCCCc1cc(CCCCCCCC)c2op(Cl)oc3c(CCCCCCCC)cc(CCCCCCCC)cc3c2c1. The number of unbranched alkanes of at least 4 members (excludes halogenated alkanes) is 20. The van der Waals surface area contributed by atoms with Crippen molar-refractivity contribution in [2.24, 2.45) is 0 Å². The number of benzene rings is 2. The molecule has 3 rings (SSSR count). The fourth-order valence-corrected chi connectivity index (χ4v) is 8.53. The molecule has 0 saturated heterocycles. The summed E-state index contributed by atoms with van der Waals surface area (Å²) in [6.45, 7) is 9.19. The highest BCUT2D eigenvalue weighted by molar-refractivity contribution is 7.68. The molecule has 2 nitrogen and oxygen atoms in total. The Balaban J connectivity index is 2.02. The molecule has 0 amide bonds. The van der Waals surface area contributed by atoms with Gasteiger partial charge in [-0.1, -0.05) is 168 Å². The molecule has 0 spiro atoms. The van der Waals surface area contributed by atoms with E-state index in [1.807, 2.05) is 0 Å². The zero-order chi connectivity index (χ0) is 34.2. The van der Waals surface area contributed by atoms with Crippen LogP contribution in [-0.4, -0.2) is 0 Å². The van der Waals surface area contributed by atoms with E-state index in [1.54, 1.807) is 0 Å². The Labute approximate surface area is 301 Å². The van der Waals surface area contributed by atoms with Crippen LogP contribution in [0.2, 0.25) is 0 Å². The van der Waals surface area contributed by atoms with Crippen molar-refractivity contribution in [3.63, 3.8) is 0 Å². The number of halogens is 1. The highest BCUT2D eigenvalue weighted by atomic mass is 35.7.